The summed E-state index contributed by atoms with van der Waals surface area (Å²) in [5.74, 6) is 0.819. The van der Waals surface area contributed by atoms with Gasteiger partial charge >= 0.3 is 0 Å². The van der Waals surface area contributed by atoms with Crippen LogP contribution in [0.5, 0.6) is 0 Å². The van der Waals surface area contributed by atoms with Gasteiger partial charge in [-0.3, -0.25) is 0 Å². The van der Waals surface area contributed by atoms with Crippen molar-refractivity contribution in [2.24, 2.45) is 11.1 Å². The van der Waals surface area contributed by atoms with Crippen LogP contribution >= 0.6 is 0 Å². The molecule has 2 aliphatic carbocycles. The van der Waals surface area contributed by atoms with Gasteiger partial charge < -0.3 is 5.73 Å². The Hall–Kier alpha value is -0.820. The van der Waals surface area contributed by atoms with E-state index < -0.39 is 0 Å². The summed E-state index contributed by atoms with van der Waals surface area (Å²) >= 11 is 0. The summed E-state index contributed by atoms with van der Waals surface area (Å²) in [6, 6.07) is 9.27. The van der Waals surface area contributed by atoms with Crippen molar-refractivity contribution in [2.75, 3.05) is 0 Å². The molecule has 3 rings (SSSR count). The lowest BCUT2D eigenvalue weighted by Gasteiger charge is -2.27. The van der Waals surface area contributed by atoms with Crippen molar-refractivity contribution in [3.05, 3.63) is 35.4 Å². The molecular formula is C15H21N. The van der Waals surface area contributed by atoms with E-state index in [2.05, 4.69) is 31.2 Å². The summed E-state index contributed by atoms with van der Waals surface area (Å²) < 4.78 is 0. The van der Waals surface area contributed by atoms with E-state index in [0.29, 0.717) is 5.41 Å². The molecule has 0 amide bonds. The molecule has 1 aromatic carbocycles. The first-order chi connectivity index (χ1) is 7.69. The molecule has 1 aromatic rings. The normalized spacial score (nSPS) is 24.9. The fourth-order valence-corrected chi connectivity index (χ4v) is 2.66. The maximum Gasteiger partial charge on any atom is 0.0349 e. The molecule has 1 heteroatoms. The molecule has 16 heavy (non-hydrogen) atoms. The largest absolute Gasteiger partial charge is 0.323 e. The van der Waals surface area contributed by atoms with Crippen molar-refractivity contribution in [1.82, 2.24) is 0 Å². The van der Waals surface area contributed by atoms with E-state index in [0.717, 1.165) is 5.92 Å². The third kappa shape index (κ3) is 1.67. The standard InChI is InChI=1S/C15H21N/c1-15(8-9-15)14(16)13-7-3-6-12(10-13)11-4-2-5-11/h3,6-7,10-11,14H,2,4-5,8-9,16H2,1H3. The molecule has 0 aromatic heterocycles. The Morgan fingerprint density at radius 1 is 1.31 bits per heavy atom. The number of rotatable bonds is 3. The van der Waals surface area contributed by atoms with Gasteiger partial charge in [-0.1, -0.05) is 37.6 Å². The van der Waals surface area contributed by atoms with Gasteiger partial charge in [0.1, 0.15) is 0 Å². The minimum atomic E-state index is 0.243. The monoisotopic (exact) mass is 215 g/mol. The first-order valence-corrected chi connectivity index (χ1v) is 6.54. The molecule has 0 spiro atoms. The van der Waals surface area contributed by atoms with Crippen LogP contribution in [-0.4, -0.2) is 0 Å². The minimum absolute atomic E-state index is 0.243. The highest BCUT2D eigenvalue weighted by Crippen LogP contribution is 2.53. The summed E-state index contributed by atoms with van der Waals surface area (Å²) in [7, 11) is 0. The van der Waals surface area contributed by atoms with E-state index in [9.17, 15) is 0 Å². The zero-order valence-electron chi connectivity index (χ0n) is 10.1. The fourth-order valence-electron chi connectivity index (χ4n) is 2.66. The molecule has 2 aliphatic rings. The molecule has 86 valence electrons. The highest BCUT2D eigenvalue weighted by atomic mass is 14.7. The molecule has 1 nitrogen and oxygen atoms in total. The molecule has 0 radical (unpaired) electrons. The molecule has 0 saturated heterocycles. The maximum absolute atomic E-state index is 6.36. The zero-order chi connectivity index (χ0) is 11.2. The SMILES string of the molecule is CC1(C(N)c2cccc(C3CCC3)c2)CC1. The first-order valence-electron chi connectivity index (χ1n) is 6.54. The molecule has 1 unspecified atom stereocenters. The molecule has 0 heterocycles. The van der Waals surface area contributed by atoms with Gasteiger partial charge in [-0.25, -0.2) is 0 Å². The van der Waals surface area contributed by atoms with Crippen molar-refractivity contribution in [2.45, 2.75) is 51.0 Å². The van der Waals surface area contributed by atoms with Crippen LogP contribution in [0.4, 0.5) is 0 Å². The average Bonchev–Trinajstić information content (AvgIpc) is 2.95. The molecule has 1 atom stereocenters. The second-order valence-electron chi connectivity index (χ2n) is 5.93. The van der Waals surface area contributed by atoms with Crippen LogP contribution in [0, 0.1) is 5.41 Å². The lowest BCUT2D eigenvalue weighted by atomic mass is 9.79. The van der Waals surface area contributed by atoms with Crippen LogP contribution in [-0.2, 0) is 0 Å². The molecule has 2 fully saturated rings. The van der Waals surface area contributed by atoms with Gasteiger partial charge in [0, 0.05) is 6.04 Å². The van der Waals surface area contributed by atoms with Gasteiger partial charge in [-0.05, 0) is 48.1 Å². The van der Waals surface area contributed by atoms with Gasteiger partial charge in [-0.2, -0.15) is 0 Å². The Balaban J connectivity index is 1.83. The van der Waals surface area contributed by atoms with Crippen LogP contribution < -0.4 is 5.73 Å². The lowest BCUT2D eigenvalue weighted by Crippen LogP contribution is -2.20. The Kier molecular flexibility index (Phi) is 2.32. The van der Waals surface area contributed by atoms with E-state index in [4.69, 9.17) is 5.73 Å². The summed E-state index contributed by atoms with van der Waals surface area (Å²) in [5.41, 5.74) is 9.62. The van der Waals surface area contributed by atoms with E-state index >= 15 is 0 Å². The molecular weight excluding hydrogens is 194 g/mol. The van der Waals surface area contributed by atoms with E-state index in [1.165, 1.54) is 43.2 Å². The highest BCUT2D eigenvalue weighted by Gasteiger charge is 2.43. The minimum Gasteiger partial charge on any atom is -0.323 e. The lowest BCUT2D eigenvalue weighted by molar-refractivity contribution is 0.416. The summed E-state index contributed by atoms with van der Waals surface area (Å²) in [5, 5.41) is 0. The highest BCUT2D eigenvalue weighted by molar-refractivity contribution is 5.31. The van der Waals surface area contributed by atoms with Crippen LogP contribution in [0.3, 0.4) is 0 Å². The van der Waals surface area contributed by atoms with E-state index in [-0.39, 0.29) is 6.04 Å². The summed E-state index contributed by atoms with van der Waals surface area (Å²) in [6.07, 6.45) is 6.73. The van der Waals surface area contributed by atoms with Crippen LogP contribution in [0.2, 0.25) is 0 Å². The van der Waals surface area contributed by atoms with E-state index in [1.54, 1.807) is 0 Å². The maximum atomic E-state index is 6.36. The molecule has 2 saturated carbocycles. The number of hydrogen-bond acceptors (Lipinski definition) is 1. The van der Waals surface area contributed by atoms with E-state index in [1.807, 2.05) is 0 Å². The third-order valence-corrected chi connectivity index (χ3v) is 4.64. The smallest absolute Gasteiger partial charge is 0.0349 e. The van der Waals surface area contributed by atoms with Crippen LogP contribution in [0.15, 0.2) is 24.3 Å². The van der Waals surface area contributed by atoms with Crippen molar-refractivity contribution >= 4 is 0 Å². The Bertz CT molecular complexity index is 388. The van der Waals surface area contributed by atoms with Crippen LogP contribution in [0.1, 0.15) is 62.1 Å². The number of hydrogen-bond donors (Lipinski definition) is 1. The van der Waals surface area contributed by atoms with Crippen molar-refractivity contribution in [1.29, 1.82) is 0 Å². The second-order valence-corrected chi connectivity index (χ2v) is 5.93. The average molecular weight is 215 g/mol. The fraction of sp³-hybridized carbons (Fsp3) is 0.600. The van der Waals surface area contributed by atoms with Crippen molar-refractivity contribution < 1.29 is 0 Å². The zero-order valence-corrected chi connectivity index (χ0v) is 10.1. The topological polar surface area (TPSA) is 26.0 Å². The Morgan fingerprint density at radius 3 is 2.62 bits per heavy atom. The predicted molar refractivity (Wildman–Crippen MR) is 67.3 cm³/mol. The van der Waals surface area contributed by atoms with Gasteiger partial charge in [0.05, 0.1) is 0 Å². The van der Waals surface area contributed by atoms with Crippen molar-refractivity contribution in [3.63, 3.8) is 0 Å². The van der Waals surface area contributed by atoms with Gasteiger partial charge in [0.15, 0.2) is 0 Å². The second kappa shape index (κ2) is 3.59. The Morgan fingerprint density at radius 2 is 2.06 bits per heavy atom. The van der Waals surface area contributed by atoms with Gasteiger partial charge in [0.25, 0.3) is 0 Å². The Labute approximate surface area is 98.0 Å². The first kappa shape index (κ1) is 10.3. The van der Waals surface area contributed by atoms with Gasteiger partial charge in [-0.15, -0.1) is 0 Å². The van der Waals surface area contributed by atoms with Gasteiger partial charge in [0.2, 0.25) is 0 Å². The summed E-state index contributed by atoms with van der Waals surface area (Å²) in [6.45, 7) is 2.31. The number of benzene rings is 1. The molecule has 0 aliphatic heterocycles. The molecule has 0 bridgehead atoms. The number of nitrogens with two attached hydrogens (primary N) is 1. The third-order valence-electron chi connectivity index (χ3n) is 4.64. The predicted octanol–water partition coefficient (Wildman–Crippen LogP) is 3.75. The molecule has 2 N–H and O–H groups in total. The van der Waals surface area contributed by atoms with Crippen molar-refractivity contribution in [3.8, 4) is 0 Å². The van der Waals surface area contributed by atoms with Crippen LogP contribution in [0.25, 0.3) is 0 Å². The summed E-state index contributed by atoms with van der Waals surface area (Å²) in [4.78, 5) is 0. The quantitative estimate of drug-likeness (QED) is 0.816.